The van der Waals surface area contributed by atoms with Gasteiger partial charge in [-0.2, -0.15) is 0 Å². The van der Waals surface area contributed by atoms with Crippen LogP contribution >= 0.6 is 11.3 Å². The molecular formula is C18H23NO3S. The van der Waals surface area contributed by atoms with E-state index in [4.69, 9.17) is 9.47 Å². The van der Waals surface area contributed by atoms with Gasteiger partial charge in [-0.3, -0.25) is 0 Å². The van der Waals surface area contributed by atoms with E-state index < -0.39 is 5.60 Å². The third kappa shape index (κ3) is 3.52. The average Bonchev–Trinajstić information content (AvgIpc) is 3.15. The molecule has 0 amide bonds. The molecule has 0 fully saturated rings. The second kappa shape index (κ2) is 6.51. The lowest BCUT2D eigenvalue weighted by Crippen LogP contribution is -2.34. The summed E-state index contributed by atoms with van der Waals surface area (Å²) < 4.78 is 11.3. The molecule has 3 rings (SSSR count). The third-order valence-electron chi connectivity index (χ3n) is 4.12. The predicted octanol–water partition coefficient (Wildman–Crippen LogP) is 3.08. The lowest BCUT2D eigenvalue weighted by atomic mass is 10.0. The number of nitrogens with one attached hydrogen (secondary N) is 1. The summed E-state index contributed by atoms with van der Waals surface area (Å²) >= 11 is 1.57. The summed E-state index contributed by atoms with van der Waals surface area (Å²) in [6.45, 7) is 5.02. The highest BCUT2D eigenvalue weighted by molar-refractivity contribution is 7.10. The van der Waals surface area contributed by atoms with Gasteiger partial charge in [-0.1, -0.05) is 6.07 Å². The van der Waals surface area contributed by atoms with Crippen LogP contribution in [0.15, 0.2) is 29.6 Å². The molecule has 0 saturated carbocycles. The smallest absolute Gasteiger partial charge is 0.127 e. The van der Waals surface area contributed by atoms with Crippen molar-refractivity contribution >= 4 is 11.3 Å². The van der Waals surface area contributed by atoms with Gasteiger partial charge in [0, 0.05) is 35.5 Å². The number of ether oxygens (including phenoxy) is 2. The summed E-state index contributed by atoms with van der Waals surface area (Å²) in [5.74, 6) is 1.81. The molecular weight excluding hydrogens is 310 g/mol. The number of aliphatic hydroxyl groups is 1. The van der Waals surface area contributed by atoms with E-state index in [1.54, 1.807) is 18.4 Å². The molecule has 1 aromatic carbocycles. The zero-order valence-corrected chi connectivity index (χ0v) is 14.6. The van der Waals surface area contributed by atoms with Gasteiger partial charge in [-0.25, -0.2) is 0 Å². The van der Waals surface area contributed by atoms with Crippen LogP contribution in [0, 0.1) is 0 Å². The SMILES string of the molecule is COc1cc(CNCC(C)(O)c2cccs2)c2c(c1)CC(C)O2. The fourth-order valence-corrected chi connectivity index (χ4v) is 3.73. The molecule has 124 valence electrons. The zero-order chi connectivity index (χ0) is 16.4. The molecule has 1 aromatic heterocycles. The lowest BCUT2D eigenvalue weighted by Gasteiger charge is -2.23. The van der Waals surface area contributed by atoms with Gasteiger partial charge < -0.3 is 19.9 Å². The van der Waals surface area contributed by atoms with Crippen LogP contribution in [0.1, 0.15) is 29.9 Å². The fourth-order valence-electron chi connectivity index (χ4n) is 2.94. The van der Waals surface area contributed by atoms with Crippen LogP contribution in [0.25, 0.3) is 0 Å². The summed E-state index contributed by atoms with van der Waals surface area (Å²) in [6, 6.07) is 7.97. The van der Waals surface area contributed by atoms with Gasteiger partial charge in [0.05, 0.1) is 7.11 Å². The van der Waals surface area contributed by atoms with E-state index in [1.165, 1.54) is 5.56 Å². The lowest BCUT2D eigenvalue weighted by molar-refractivity contribution is 0.0603. The Hall–Kier alpha value is -1.56. The van der Waals surface area contributed by atoms with Gasteiger partial charge in [0.2, 0.25) is 0 Å². The monoisotopic (exact) mass is 333 g/mol. The Bertz CT molecular complexity index is 667. The van der Waals surface area contributed by atoms with Crippen molar-refractivity contribution in [3.63, 3.8) is 0 Å². The minimum atomic E-state index is -0.871. The molecule has 1 aliphatic rings. The fraction of sp³-hybridized carbons (Fsp3) is 0.444. The number of thiophene rings is 1. The largest absolute Gasteiger partial charge is 0.497 e. The Morgan fingerprint density at radius 3 is 3.00 bits per heavy atom. The van der Waals surface area contributed by atoms with Crippen molar-refractivity contribution in [1.82, 2.24) is 5.32 Å². The highest BCUT2D eigenvalue weighted by Crippen LogP contribution is 2.36. The first-order valence-corrected chi connectivity index (χ1v) is 8.71. The van der Waals surface area contributed by atoms with Crippen LogP contribution in [0.3, 0.4) is 0 Å². The highest BCUT2D eigenvalue weighted by Gasteiger charge is 2.26. The van der Waals surface area contributed by atoms with Crippen molar-refractivity contribution in [2.24, 2.45) is 0 Å². The average molecular weight is 333 g/mol. The van der Waals surface area contributed by atoms with Crippen molar-refractivity contribution in [3.05, 3.63) is 45.6 Å². The van der Waals surface area contributed by atoms with Crippen LogP contribution < -0.4 is 14.8 Å². The molecule has 2 aromatic rings. The summed E-state index contributed by atoms with van der Waals surface area (Å²) in [5.41, 5.74) is 1.40. The molecule has 4 nitrogen and oxygen atoms in total. The number of fused-ring (bicyclic) bond motifs is 1. The normalized spacial score (nSPS) is 19.0. The maximum atomic E-state index is 10.6. The summed E-state index contributed by atoms with van der Waals surface area (Å²) in [7, 11) is 1.68. The first-order chi connectivity index (χ1) is 11.0. The molecule has 2 atom stereocenters. The van der Waals surface area contributed by atoms with E-state index in [0.29, 0.717) is 13.1 Å². The number of rotatable bonds is 6. The number of hydrogen-bond donors (Lipinski definition) is 2. The molecule has 0 saturated heterocycles. The van der Waals surface area contributed by atoms with E-state index in [1.807, 2.05) is 36.6 Å². The van der Waals surface area contributed by atoms with Crippen LogP contribution in [0.5, 0.6) is 11.5 Å². The molecule has 23 heavy (non-hydrogen) atoms. The van der Waals surface area contributed by atoms with Crippen molar-refractivity contribution < 1.29 is 14.6 Å². The molecule has 2 heterocycles. The van der Waals surface area contributed by atoms with Crippen molar-refractivity contribution in [3.8, 4) is 11.5 Å². The summed E-state index contributed by atoms with van der Waals surface area (Å²) in [6.07, 6.45) is 1.11. The minimum absolute atomic E-state index is 0.199. The molecule has 5 heteroatoms. The third-order valence-corrected chi connectivity index (χ3v) is 5.24. The number of hydrogen-bond acceptors (Lipinski definition) is 5. The second-order valence-electron chi connectivity index (χ2n) is 6.26. The van der Waals surface area contributed by atoms with Crippen LogP contribution in [-0.2, 0) is 18.6 Å². The molecule has 0 radical (unpaired) electrons. The van der Waals surface area contributed by atoms with E-state index in [0.717, 1.165) is 28.4 Å². The number of methoxy groups -OCH3 is 1. The highest BCUT2D eigenvalue weighted by atomic mass is 32.1. The second-order valence-corrected chi connectivity index (χ2v) is 7.21. The standard InChI is InChI=1S/C18H23NO3S/c1-12-7-13-8-15(21-3)9-14(17(13)22-12)10-19-11-18(2,20)16-5-4-6-23-16/h4-6,8-9,12,19-20H,7,10-11H2,1-3H3. The zero-order valence-electron chi connectivity index (χ0n) is 13.8. The van der Waals surface area contributed by atoms with Crippen LogP contribution in [0.4, 0.5) is 0 Å². The molecule has 1 aliphatic heterocycles. The first-order valence-electron chi connectivity index (χ1n) is 7.83. The Labute approximate surface area is 141 Å². The van der Waals surface area contributed by atoms with E-state index in [2.05, 4.69) is 12.2 Å². The molecule has 0 aliphatic carbocycles. The van der Waals surface area contributed by atoms with Crippen molar-refractivity contribution in [1.29, 1.82) is 0 Å². The van der Waals surface area contributed by atoms with Gasteiger partial charge in [-0.15, -0.1) is 11.3 Å². The van der Waals surface area contributed by atoms with Gasteiger partial charge in [0.25, 0.3) is 0 Å². The van der Waals surface area contributed by atoms with Gasteiger partial charge in [0.15, 0.2) is 0 Å². The van der Waals surface area contributed by atoms with E-state index in [9.17, 15) is 5.11 Å². The van der Waals surface area contributed by atoms with Crippen LogP contribution in [0.2, 0.25) is 0 Å². The Morgan fingerprint density at radius 1 is 1.48 bits per heavy atom. The maximum absolute atomic E-state index is 10.6. The quantitative estimate of drug-likeness (QED) is 0.853. The molecule has 2 unspecified atom stereocenters. The van der Waals surface area contributed by atoms with E-state index in [-0.39, 0.29) is 6.10 Å². The molecule has 2 N–H and O–H groups in total. The van der Waals surface area contributed by atoms with Crippen LogP contribution in [-0.4, -0.2) is 24.9 Å². The topological polar surface area (TPSA) is 50.7 Å². The van der Waals surface area contributed by atoms with Gasteiger partial charge >= 0.3 is 0 Å². The molecule has 0 bridgehead atoms. The van der Waals surface area contributed by atoms with Crippen molar-refractivity contribution in [2.45, 2.75) is 38.5 Å². The Kier molecular flexibility index (Phi) is 4.62. The van der Waals surface area contributed by atoms with E-state index >= 15 is 0 Å². The Morgan fingerprint density at radius 2 is 2.30 bits per heavy atom. The van der Waals surface area contributed by atoms with Gasteiger partial charge in [0.1, 0.15) is 23.2 Å². The summed E-state index contributed by atoms with van der Waals surface area (Å²) in [5, 5.41) is 15.9. The number of benzene rings is 1. The van der Waals surface area contributed by atoms with Gasteiger partial charge in [-0.05, 0) is 37.4 Å². The first kappa shape index (κ1) is 16.3. The minimum Gasteiger partial charge on any atom is -0.497 e. The predicted molar refractivity (Wildman–Crippen MR) is 92.4 cm³/mol. The van der Waals surface area contributed by atoms with Crippen molar-refractivity contribution in [2.75, 3.05) is 13.7 Å². The molecule has 0 spiro atoms. The maximum Gasteiger partial charge on any atom is 0.127 e. The Balaban J connectivity index is 1.70. The summed E-state index contributed by atoms with van der Waals surface area (Å²) in [4.78, 5) is 0.964.